The Kier molecular flexibility index (Phi) is 6.24. The molecule has 0 amide bonds. The molecule has 8 heteroatoms. The number of amidine groups is 1. The van der Waals surface area contributed by atoms with Crippen LogP contribution in [0.4, 0.5) is 13.2 Å². The lowest BCUT2D eigenvalue weighted by Gasteiger charge is -2.33. The molecule has 0 radical (unpaired) electrons. The molecule has 5 nitrogen and oxygen atoms in total. The summed E-state index contributed by atoms with van der Waals surface area (Å²) in [5.74, 6) is -0.0151. The fraction of sp³-hybridized carbons (Fsp3) is 0.455. The van der Waals surface area contributed by atoms with E-state index in [1.165, 1.54) is 12.1 Å². The highest BCUT2D eigenvalue weighted by molar-refractivity contribution is 5.95. The van der Waals surface area contributed by atoms with Crippen LogP contribution in [0.5, 0.6) is 0 Å². The van der Waals surface area contributed by atoms with Crippen LogP contribution in [0.1, 0.15) is 43.4 Å². The monoisotopic (exact) mass is 421 g/mol. The van der Waals surface area contributed by atoms with Crippen molar-refractivity contribution < 1.29 is 22.7 Å². The van der Waals surface area contributed by atoms with E-state index in [0.29, 0.717) is 35.6 Å². The third-order valence-corrected chi connectivity index (χ3v) is 5.42. The number of nitrogens with zero attached hydrogens (tertiary/aromatic N) is 2. The highest BCUT2D eigenvalue weighted by Crippen LogP contribution is 2.34. The second kappa shape index (κ2) is 8.53. The van der Waals surface area contributed by atoms with Crippen LogP contribution in [0.25, 0.3) is 0 Å². The average molecular weight is 421 g/mol. The van der Waals surface area contributed by atoms with Gasteiger partial charge in [-0.25, -0.2) is 9.79 Å². The van der Waals surface area contributed by atoms with Gasteiger partial charge in [0.05, 0.1) is 12.2 Å². The van der Waals surface area contributed by atoms with Crippen molar-refractivity contribution in [3.63, 3.8) is 0 Å². The Labute approximate surface area is 174 Å². The predicted octanol–water partition coefficient (Wildman–Crippen LogP) is 4.18. The first kappa shape index (κ1) is 21.9. The van der Waals surface area contributed by atoms with Crippen LogP contribution in [0.2, 0.25) is 0 Å². The van der Waals surface area contributed by atoms with E-state index < -0.39 is 17.7 Å². The Bertz CT molecular complexity index is 915. The second-order valence-corrected chi connectivity index (χ2v) is 7.60. The summed E-state index contributed by atoms with van der Waals surface area (Å²) in [6.07, 6.45) is -1.93. The number of allylic oxidation sites excluding steroid dienone is 1. The number of esters is 1. The van der Waals surface area contributed by atoms with Gasteiger partial charge in [-0.05, 0) is 56.4 Å². The smallest absolute Gasteiger partial charge is 0.416 e. The Hall–Kier alpha value is -2.77. The van der Waals surface area contributed by atoms with Crippen molar-refractivity contribution in [2.45, 2.75) is 45.8 Å². The van der Waals surface area contributed by atoms with Crippen LogP contribution < -0.4 is 5.73 Å². The molecule has 1 aliphatic heterocycles. The summed E-state index contributed by atoms with van der Waals surface area (Å²) in [5.41, 5.74) is 7.95. The third-order valence-electron chi connectivity index (χ3n) is 5.42. The number of carbonyl (C=O) groups excluding carboxylic acids is 1. The van der Waals surface area contributed by atoms with E-state index in [2.05, 4.69) is 11.6 Å². The third kappa shape index (κ3) is 4.86. The number of aliphatic imine (C=N–C) groups is 1. The molecule has 0 saturated heterocycles. The molecular formula is C22H26F3N3O2. The fourth-order valence-corrected chi connectivity index (χ4v) is 3.42. The molecule has 1 heterocycles. The van der Waals surface area contributed by atoms with Gasteiger partial charge in [-0.1, -0.05) is 12.6 Å². The molecule has 162 valence electrons. The van der Waals surface area contributed by atoms with Crippen LogP contribution >= 0.6 is 0 Å². The van der Waals surface area contributed by atoms with Crippen LogP contribution in [0.3, 0.4) is 0 Å². The minimum Gasteiger partial charge on any atom is -0.461 e. The Morgan fingerprint density at radius 1 is 1.33 bits per heavy atom. The number of carbonyl (C=O) groups is 1. The van der Waals surface area contributed by atoms with E-state index in [4.69, 9.17) is 10.5 Å². The Balaban J connectivity index is 1.88. The van der Waals surface area contributed by atoms with Crippen molar-refractivity contribution in [3.8, 4) is 0 Å². The first-order chi connectivity index (χ1) is 14.1. The van der Waals surface area contributed by atoms with Crippen LogP contribution in [-0.2, 0) is 28.7 Å². The lowest BCUT2D eigenvalue weighted by atomic mass is 9.96. The number of nitrogens with two attached hydrogens (primary N) is 1. The van der Waals surface area contributed by atoms with Crippen LogP contribution in [0.15, 0.2) is 46.7 Å². The van der Waals surface area contributed by atoms with Crippen molar-refractivity contribution in [1.29, 1.82) is 0 Å². The van der Waals surface area contributed by atoms with Gasteiger partial charge in [0.1, 0.15) is 5.84 Å². The number of rotatable bonds is 6. The highest BCUT2D eigenvalue weighted by atomic mass is 19.4. The van der Waals surface area contributed by atoms with E-state index in [-0.39, 0.29) is 24.8 Å². The number of fused-ring (bicyclic) bond motifs is 1. The highest BCUT2D eigenvalue weighted by Gasteiger charge is 2.32. The quantitative estimate of drug-likeness (QED) is 0.246. The van der Waals surface area contributed by atoms with Gasteiger partial charge in [0, 0.05) is 30.3 Å². The predicted molar refractivity (Wildman–Crippen MR) is 108 cm³/mol. The molecule has 0 aromatic heterocycles. The summed E-state index contributed by atoms with van der Waals surface area (Å²) in [4.78, 5) is 18.7. The first-order valence-corrected chi connectivity index (χ1v) is 9.97. The molecule has 0 unspecified atom stereocenters. The molecule has 1 fully saturated rings. The molecule has 30 heavy (non-hydrogen) atoms. The van der Waals surface area contributed by atoms with Gasteiger partial charge in [0.15, 0.2) is 5.70 Å². The second-order valence-electron chi connectivity index (χ2n) is 7.60. The summed E-state index contributed by atoms with van der Waals surface area (Å²) in [6, 6.07) is 3.83. The number of hydrogen-bond acceptors (Lipinski definition) is 4. The molecule has 3 rings (SSSR count). The van der Waals surface area contributed by atoms with Gasteiger partial charge < -0.3 is 15.4 Å². The van der Waals surface area contributed by atoms with E-state index in [1.807, 2.05) is 4.90 Å². The standard InChI is InChI=1S/C22H26F3N3O2/c1-4-30-21(29)19(27-20(26)16-5-6-16)13(2)14(3)28-10-9-15-7-8-18(22(23,24)25)11-17(15)12-28/h7-8,11,16H,3-6,9-10,12H2,1-2H3,(H2,26,27)/b19-13-. The van der Waals surface area contributed by atoms with Crippen molar-refractivity contribution in [1.82, 2.24) is 4.90 Å². The number of halogens is 3. The molecule has 1 aromatic rings. The molecule has 2 N–H and O–H groups in total. The van der Waals surface area contributed by atoms with E-state index in [0.717, 1.165) is 24.5 Å². The summed E-state index contributed by atoms with van der Waals surface area (Å²) in [6.45, 7) is 8.53. The van der Waals surface area contributed by atoms with E-state index in [9.17, 15) is 18.0 Å². The molecule has 2 aliphatic rings. The summed E-state index contributed by atoms with van der Waals surface area (Å²) in [7, 11) is 0. The number of ether oxygens (including phenoxy) is 1. The molecular weight excluding hydrogens is 395 g/mol. The van der Waals surface area contributed by atoms with Gasteiger partial charge in [-0.2, -0.15) is 13.2 Å². The topological polar surface area (TPSA) is 67.9 Å². The zero-order chi connectivity index (χ0) is 22.1. The molecule has 1 saturated carbocycles. The van der Waals surface area contributed by atoms with Gasteiger partial charge in [-0.3, -0.25) is 0 Å². The number of benzene rings is 1. The number of hydrogen-bond donors (Lipinski definition) is 1. The lowest BCUT2D eigenvalue weighted by molar-refractivity contribution is -0.139. The average Bonchev–Trinajstić information content (AvgIpc) is 3.54. The normalized spacial score (nSPS) is 17.9. The lowest BCUT2D eigenvalue weighted by Crippen LogP contribution is -2.31. The van der Waals surface area contributed by atoms with Gasteiger partial charge in [-0.15, -0.1) is 0 Å². The number of alkyl halides is 3. The minimum absolute atomic E-state index is 0.0982. The van der Waals surface area contributed by atoms with Gasteiger partial charge >= 0.3 is 12.1 Å². The summed E-state index contributed by atoms with van der Waals surface area (Å²) >= 11 is 0. The maximum atomic E-state index is 13.1. The molecule has 1 aromatic carbocycles. The first-order valence-electron chi connectivity index (χ1n) is 9.97. The molecule has 0 bridgehead atoms. The molecule has 1 aliphatic carbocycles. The van der Waals surface area contributed by atoms with Gasteiger partial charge in [0.2, 0.25) is 0 Å². The molecule has 0 atom stereocenters. The van der Waals surface area contributed by atoms with Crippen molar-refractivity contribution in [2.75, 3.05) is 13.2 Å². The maximum Gasteiger partial charge on any atom is 0.416 e. The Morgan fingerprint density at radius 3 is 2.63 bits per heavy atom. The Morgan fingerprint density at radius 2 is 2.03 bits per heavy atom. The summed E-state index contributed by atoms with van der Waals surface area (Å²) < 4.78 is 44.4. The summed E-state index contributed by atoms with van der Waals surface area (Å²) in [5, 5.41) is 0. The van der Waals surface area contributed by atoms with Crippen molar-refractivity contribution >= 4 is 11.8 Å². The van der Waals surface area contributed by atoms with E-state index >= 15 is 0 Å². The zero-order valence-electron chi connectivity index (χ0n) is 17.2. The zero-order valence-corrected chi connectivity index (χ0v) is 17.2. The largest absolute Gasteiger partial charge is 0.461 e. The van der Waals surface area contributed by atoms with Crippen molar-refractivity contribution in [2.24, 2.45) is 16.6 Å². The van der Waals surface area contributed by atoms with E-state index in [1.54, 1.807) is 13.8 Å². The molecule has 0 spiro atoms. The van der Waals surface area contributed by atoms with Crippen LogP contribution in [0, 0.1) is 5.92 Å². The van der Waals surface area contributed by atoms with Crippen molar-refractivity contribution in [3.05, 3.63) is 58.4 Å². The SMILES string of the molecule is C=C(/C(C)=C(\N=C(/N)C1CC1)C(=O)OCC)N1CCc2ccc(C(F)(F)F)cc2C1. The maximum absolute atomic E-state index is 13.1. The fourth-order valence-electron chi connectivity index (χ4n) is 3.42. The van der Waals surface area contributed by atoms with Gasteiger partial charge in [0.25, 0.3) is 0 Å². The minimum atomic E-state index is -4.39. The van der Waals surface area contributed by atoms with Crippen LogP contribution in [-0.4, -0.2) is 29.9 Å².